The minimum absolute atomic E-state index is 0.198. The number of carbonyl (C=O) groups excluding carboxylic acids is 2. The van der Waals surface area contributed by atoms with Crippen molar-refractivity contribution in [3.63, 3.8) is 0 Å². The minimum atomic E-state index is -0.991. The quantitative estimate of drug-likeness (QED) is 0.601. The molecule has 144 valence electrons. The van der Waals surface area contributed by atoms with E-state index in [4.69, 9.17) is 21.4 Å². The molecular formula is C19H13BrClNO5S. The molecular weight excluding hydrogens is 470 g/mol. The van der Waals surface area contributed by atoms with Crippen molar-refractivity contribution >= 4 is 62.5 Å². The van der Waals surface area contributed by atoms with Crippen molar-refractivity contribution in [1.29, 1.82) is 0 Å². The number of amides is 2. The van der Waals surface area contributed by atoms with Crippen molar-refractivity contribution in [3.8, 4) is 5.75 Å². The van der Waals surface area contributed by atoms with Gasteiger partial charge in [0, 0.05) is 7.05 Å². The fourth-order valence-electron chi connectivity index (χ4n) is 2.40. The fraction of sp³-hybridized carbons (Fsp3) is 0.105. The van der Waals surface area contributed by atoms with Gasteiger partial charge in [-0.05, 0) is 69.2 Å². The van der Waals surface area contributed by atoms with Crippen LogP contribution in [0.1, 0.15) is 21.5 Å². The number of carboxylic acid groups (broad SMARTS) is 1. The smallest absolute Gasteiger partial charge is 0.335 e. The Balaban J connectivity index is 1.76. The molecule has 1 aliphatic heterocycles. The molecule has 0 spiro atoms. The third-order valence-electron chi connectivity index (χ3n) is 3.89. The Kier molecular flexibility index (Phi) is 6.12. The molecule has 0 bridgehead atoms. The predicted molar refractivity (Wildman–Crippen MR) is 111 cm³/mol. The van der Waals surface area contributed by atoms with Gasteiger partial charge in [-0.1, -0.05) is 23.7 Å². The standard InChI is InChI=1S/C19H13BrClNO5S/c1-22-17(23)15(28-19(22)26)8-11-6-13(20)16(14(21)7-11)27-9-10-2-4-12(5-3-10)18(24)25/h2-8H,9H2,1H3,(H,24,25)/b15-8-. The number of hydrogen-bond acceptors (Lipinski definition) is 5. The highest BCUT2D eigenvalue weighted by Gasteiger charge is 2.31. The van der Waals surface area contributed by atoms with Crippen LogP contribution in [0.25, 0.3) is 6.08 Å². The first-order valence-corrected chi connectivity index (χ1v) is 9.90. The molecule has 1 saturated heterocycles. The Hall–Kier alpha value is -2.29. The monoisotopic (exact) mass is 481 g/mol. The molecule has 0 aromatic heterocycles. The number of benzene rings is 2. The average Bonchev–Trinajstić information content (AvgIpc) is 2.88. The summed E-state index contributed by atoms with van der Waals surface area (Å²) in [7, 11) is 1.43. The van der Waals surface area contributed by atoms with E-state index < -0.39 is 5.97 Å². The van der Waals surface area contributed by atoms with Gasteiger partial charge in [0.25, 0.3) is 11.1 Å². The zero-order chi connectivity index (χ0) is 20.4. The lowest BCUT2D eigenvalue weighted by Gasteiger charge is -2.11. The zero-order valence-electron chi connectivity index (χ0n) is 14.4. The summed E-state index contributed by atoms with van der Waals surface area (Å²) in [5.74, 6) is -0.924. The number of rotatable bonds is 5. The van der Waals surface area contributed by atoms with Crippen LogP contribution in [0.5, 0.6) is 5.75 Å². The molecule has 2 amide bonds. The normalized spacial score (nSPS) is 15.4. The van der Waals surface area contributed by atoms with E-state index in [1.807, 2.05) is 0 Å². The maximum atomic E-state index is 12.0. The minimum Gasteiger partial charge on any atom is -0.486 e. The topological polar surface area (TPSA) is 83.9 Å². The van der Waals surface area contributed by atoms with E-state index in [2.05, 4.69) is 15.9 Å². The Labute approximate surface area is 178 Å². The molecule has 2 aromatic rings. The summed E-state index contributed by atoms with van der Waals surface area (Å²) in [4.78, 5) is 35.8. The number of carboxylic acids is 1. The molecule has 1 N–H and O–H groups in total. The van der Waals surface area contributed by atoms with Crippen LogP contribution in [0.15, 0.2) is 45.8 Å². The number of ether oxygens (including phenoxy) is 1. The van der Waals surface area contributed by atoms with E-state index in [1.54, 1.807) is 30.3 Å². The van der Waals surface area contributed by atoms with Crippen LogP contribution in [0.4, 0.5) is 4.79 Å². The Morgan fingerprint density at radius 1 is 1.29 bits per heavy atom. The van der Waals surface area contributed by atoms with Crippen LogP contribution in [0.3, 0.4) is 0 Å². The summed E-state index contributed by atoms with van der Waals surface area (Å²) in [6, 6.07) is 9.71. The van der Waals surface area contributed by atoms with Gasteiger partial charge in [0.1, 0.15) is 6.61 Å². The van der Waals surface area contributed by atoms with Gasteiger partial charge in [0.2, 0.25) is 0 Å². The molecule has 28 heavy (non-hydrogen) atoms. The highest BCUT2D eigenvalue weighted by molar-refractivity contribution is 9.10. The highest BCUT2D eigenvalue weighted by Crippen LogP contribution is 2.37. The molecule has 1 heterocycles. The Bertz CT molecular complexity index is 983. The van der Waals surface area contributed by atoms with Crippen LogP contribution in [0, 0.1) is 0 Å². The second kappa shape index (κ2) is 8.38. The summed E-state index contributed by atoms with van der Waals surface area (Å²) in [5, 5.41) is 8.93. The molecule has 0 radical (unpaired) electrons. The van der Waals surface area contributed by atoms with Crippen LogP contribution in [-0.2, 0) is 11.4 Å². The van der Waals surface area contributed by atoms with Crippen LogP contribution in [0.2, 0.25) is 5.02 Å². The van der Waals surface area contributed by atoms with Gasteiger partial charge < -0.3 is 9.84 Å². The van der Waals surface area contributed by atoms with E-state index in [-0.39, 0.29) is 23.3 Å². The molecule has 1 fully saturated rings. The van der Waals surface area contributed by atoms with Crippen LogP contribution < -0.4 is 4.74 Å². The van der Waals surface area contributed by atoms with Gasteiger partial charge in [-0.2, -0.15) is 0 Å². The van der Waals surface area contributed by atoms with Gasteiger partial charge >= 0.3 is 5.97 Å². The number of halogens is 2. The SMILES string of the molecule is CN1C(=O)S/C(=C\c2cc(Cl)c(OCc3ccc(C(=O)O)cc3)c(Br)c2)C1=O. The van der Waals surface area contributed by atoms with E-state index in [0.29, 0.717) is 25.7 Å². The molecule has 6 nitrogen and oxygen atoms in total. The van der Waals surface area contributed by atoms with Gasteiger partial charge in [0.15, 0.2) is 5.75 Å². The largest absolute Gasteiger partial charge is 0.486 e. The molecule has 0 aliphatic carbocycles. The van der Waals surface area contributed by atoms with Crippen molar-refractivity contribution in [3.05, 3.63) is 67.5 Å². The van der Waals surface area contributed by atoms with E-state index in [1.165, 1.54) is 19.2 Å². The highest BCUT2D eigenvalue weighted by atomic mass is 79.9. The lowest BCUT2D eigenvalue weighted by Crippen LogP contribution is -2.22. The zero-order valence-corrected chi connectivity index (χ0v) is 17.6. The number of aromatic carboxylic acids is 1. The molecule has 9 heteroatoms. The molecule has 3 rings (SSSR count). The number of nitrogens with zero attached hydrogens (tertiary/aromatic N) is 1. The maximum Gasteiger partial charge on any atom is 0.335 e. The van der Waals surface area contributed by atoms with E-state index in [0.717, 1.165) is 22.2 Å². The molecule has 0 saturated carbocycles. The van der Waals surface area contributed by atoms with Gasteiger partial charge in [-0.25, -0.2) is 4.79 Å². The molecule has 0 atom stereocenters. The van der Waals surface area contributed by atoms with Crippen molar-refractivity contribution in [2.24, 2.45) is 0 Å². The number of imide groups is 1. The molecule has 0 unspecified atom stereocenters. The summed E-state index contributed by atoms with van der Waals surface area (Å²) in [6.45, 7) is 0.201. The van der Waals surface area contributed by atoms with Crippen LogP contribution in [-0.4, -0.2) is 34.2 Å². The van der Waals surface area contributed by atoms with Crippen molar-refractivity contribution in [1.82, 2.24) is 4.90 Å². The Morgan fingerprint density at radius 3 is 2.50 bits per heavy atom. The van der Waals surface area contributed by atoms with Crippen molar-refractivity contribution in [2.75, 3.05) is 7.05 Å². The average molecular weight is 483 g/mol. The first-order chi connectivity index (χ1) is 13.3. The maximum absolute atomic E-state index is 12.0. The molecule has 1 aliphatic rings. The first-order valence-electron chi connectivity index (χ1n) is 7.92. The first kappa shape index (κ1) is 20.4. The van der Waals surface area contributed by atoms with E-state index in [9.17, 15) is 14.4 Å². The second-order valence-corrected chi connectivity index (χ2v) is 8.10. The lowest BCUT2D eigenvalue weighted by molar-refractivity contribution is -0.121. The summed E-state index contributed by atoms with van der Waals surface area (Å²) in [6.07, 6.45) is 1.60. The third-order valence-corrected chi connectivity index (χ3v) is 5.72. The Morgan fingerprint density at radius 2 is 1.96 bits per heavy atom. The van der Waals surface area contributed by atoms with Gasteiger partial charge in [0.05, 0.1) is 20.0 Å². The van der Waals surface area contributed by atoms with Gasteiger partial charge in [-0.3, -0.25) is 14.5 Å². The number of likely N-dealkylation sites (N-methyl/N-ethyl adjacent to an activating group) is 1. The number of carbonyl (C=O) groups is 3. The number of hydrogen-bond donors (Lipinski definition) is 1. The summed E-state index contributed by atoms with van der Waals surface area (Å²) >= 11 is 10.6. The lowest BCUT2D eigenvalue weighted by atomic mass is 10.1. The second-order valence-electron chi connectivity index (χ2n) is 5.85. The van der Waals surface area contributed by atoms with E-state index >= 15 is 0 Å². The van der Waals surface area contributed by atoms with Crippen molar-refractivity contribution < 1.29 is 24.2 Å². The number of thioether (sulfide) groups is 1. The van der Waals surface area contributed by atoms with Crippen molar-refractivity contribution in [2.45, 2.75) is 6.61 Å². The summed E-state index contributed by atoms with van der Waals surface area (Å²) in [5.41, 5.74) is 1.63. The molecule has 2 aromatic carbocycles. The van der Waals surface area contributed by atoms with Gasteiger partial charge in [-0.15, -0.1) is 0 Å². The predicted octanol–water partition coefficient (Wildman–Crippen LogP) is 5.05. The fourth-order valence-corrected chi connectivity index (χ4v) is 4.21. The summed E-state index contributed by atoms with van der Waals surface area (Å²) < 4.78 is 6.34. The van der Waals surface area contributed by atoms with Crippen LogP contribution >= 0.6 is 39.3 Å². The third kappa shape index (κ3) is 4.40.